The van der Waals surface area contributed by atoms with Crippen LogP contribution >= 0.6 is 0 Å². The molecule has 2 fully saturated rings. The first-order valence-corrected chi connectivity index (χ1v) is 9.76. The Hall–Kier alpha value is -3.30. The molecule has 4 aliphatic rings. The second-order valence-electron chi connectivity index (χ2n) is 7.76. The van der Waals surface area contributed by atoms with Crippen molar-refractivity contribution in [2.24, 2.45) is 0 Å². The number of ether oxygens (including phenoxy) is 1. The Balaban J connectivity index is 1.52. The number of halogens is 1. The Morgan fingerprint density at radius 3 is 3.03 bits per heavy atom. The SMILES string of the molecule is O=C1N[C@H]2C[C@H](C2)Oc2ncc(F)cc2[C@H]2CCCN2c2ncn3ncc1c3n2. The Morgan fingerprint density at radius 2 is 2.14 bits per heavy atom. The number of nitrogens with zero attached hydrogens (tertiary/aromatic N) is 6. The molecule has 0 aromatic carbocycles. The highest BCUT2D eigenvalue weighted by molar-refractivity contribution is 5.99. The van der Waals surface area contributed by atoms with Gasteiger partial charge in [0.15, 0.2) is 5.65 Å². The average Bonchev–Trinajstić information content (AvgIpc) is 3.33. The van der Waals surface area contributed by atoms with Crippen molar-refractivity contribution in [3.8, 4) is 5.88 Å². The maximum atomic E-state index is 14.1. The molecule has 1 aliphatic carbocycles. The summed E-state index contributed by atoms with van der Waals surface area (Å²) in [6, 6.07) is 1.37. The lowest BCUT2D eigenvalue weighted by atomic mass is 9.89. The fourth-order valence-corrected chi connectivity index (χ4v) is 4.39. The van der Waals surface area contributed by atoms with E-state index < -0.39 is 5.82 Å². The highest BCUT2D eigenvalue weighted by Crippen LogP contribution is 2.39. The number of hydrogen-bond acceptors (Lipinski definition) is 7. The normalized spacial score (nSPS) is 25.6. The summed E-state index contributed by atoms with van der Waals surface area (Å²) < 4.78 is 21.7. The van der Waals surface area contributed by atoms with Gasteiger partial charge in [-0.15, -0.1) is 0 Å². The number of fused-ring (bicyclic) bond motifs is 1. The number of aromatic nitrogens is 5. The Labute approximate surface area is 164 Å². The van der Waals surface area contributed by atoms with E-state index in [0.717, 1.165) is 19.4 Å². The zero-order valence-corrected chi connectivity index (χ0v) is 15.5. The Bertz CT molecular complexity index is 1130. The van der Waals surface area contributed by atoms with Gasteiger partial charge in [0, 0.05) is 31.0 Å². The van der Waals surface area contributed by atoms with Crippen LogP contribution in [0, 0.1) is 5.82 Å². The number of anilines is 1. The maximum absolute atomic E-state index is 14.1. The molecule has 6 heterocycles. The van der Waals surface area contributed by atoms with Crippen LogP contribution in [0.25, 0.3) is 5.65 Å². The van der Waals surface area contributed by atoms with Crippen molar-refractivity contribution in [3.05, 3.63) is 41.7 Å². The lowest BCUT2D eigenvalue weighted by molar-refractivity contribution is 0.0670. The molecule has 0 radical (unpaired) electrons. The third-order valence-corrected chi connectivity index (χ3v) is 5.92. The quantitative estimate of drug-likeness (QED) is 0.618. The lowest BCUT2D eigenvalue weighted by Gasteiger charge is -2.36. The predicted octanol–water partition coefficient (Wildman–Crippen LogP) is 1.65. The van der Waals surface area contributed by atoms with Gasteiger partial charge in [-0.05, 0) is 18.9 Å². The second kappa shape index (κ2) is 6.10. The van der Waals surface area contributed by atoms with Crippen LogP contribution in [-0.4, -0.2) is 49.2 Å². The summed E-state index contributed by atoms with van der Waals surface area (Å²) in [4.78, 5) is 28.0. The smallest absolute Gasteiger partial charge is 0.256 e. The topological polar surface area (TPSA) is 97.5 Å². The van der Waals surface area contributed by atoms with E-state index in [1.54, 1.807) is 6.33 Å². The summed E-state index contributed by atoms with van der Waals surface area (Å²) in [5.74, 6) is 0.325. The Kier molecular flexibility index (Phi) is 3.50. The van der Waals surface area contributed by atoms with E-state index in [0.29, 0.717) is 41.4 Å². The fraction of sp³-hybridized carbons (Fsp3) is 0.421. The summed E-state index contributed by atoms with van der Waals surface area (Å²) in [6.45, 7) is 0.720. The van der Waals surface area contributed by atoms with Crippen LogP contribution < -0.4 is 15.0 Å². The van der Waals surface area contributed by atoms with E-state index in [1.807, 2.05) is 4.90 Å². The molecule has 29 heavy (non-hydrogen) atoms. The van der Waals surface area contributed by atoms with E-state index in [4.69, 9.17) is 4.74 Å². The van der Waals surface area contributed by atoms with E-state index in [-0.39, 0.29) is 24.1 Å². The van der Waals surface area contributed by atoms with Crippen LogP contribution in [0.3, 0.4) is 0 Å². The third-order valence-electron chi connectivity index (χ3n) is 5.92. The fourth-order valence-electron chi connectivity index (χ4n) is 4.39. The molecule has 148 valence electrons. The zero-order valence-electron chi connectivity index (χ0n) is 15.5. The first-order valence-electron chi connectivity index (χ1n) is 9.76. The molecule has 3 aliphatic heterocycles. The molecule has 10 heteroatoms. The lowest BCUT2D eigenvalue weighted by Crippen LogP contribution is -2.49. The molecule has 0 spiro atoms. The van der Waals surface area contributed by atoms with Gasteiger partial charge in [0.05, 0.1) is 18.4 Å². The monoisotopic (exact) mass is 395 g/mol. The van der Waals surface area contributed by atoms with Gasteiger partial charge in [-0.1, -0.05) is 0 Å². The zero-order chi connectivity index (χ0) is 19.5. The van der Waals surface area contributed by atoms with Crippen LogP contribution in [0.4, 0.5) is 10.3 Å². The van der Waals surface area contributed by atoms with Crippen LogP contribution in [0.1, 0.15) is 47.6 Å². The molecule has 0 unspecified atom stereocenters. The van der Waals surface area contributed by atoms with Crippen molar-refractivity contribution in [1.82, 2.24) is 29.9 Å². The molecule has 9 nitrogen and oxygen atoms in total. The van der Waals surface area contributed by atoms with Gasteiger partial charge in [0.25, 0.3) is 5.91 Å². The van der Waals surface area contributed by atoms with Gasteiger partial charge in [-0.25, -0.2) is 18.9 Å². The molecule has 1 atom stereocenters. The number of carbonyl (C=O) groups is 1. The predicted molar refractivity (Wildman–Crippen MR) is 99.2 cm³/mol. The molecule has 3 aromatic heterocycles. The van der Waals surface area contributed by atoms with E-state index in [2.05, 4.69) is 25.4 Å². The van der Waals surface area contributed by atoms with Crippen molar-refractivity contribution in [3.63, 3.8) is 0 Å². The molecule has 7 rings (SSSR count). The summed E-state index contributed by atoms with van der Waals surface area (Å²) in [5, 5.41) is 7.21. The van der Waals surface area contributed by atoms with Crippen LogP contribution in [0.2, 0.25) is 0 Å². The van der Waals surface area contributed by atoms with Crippen molar-refractivity contribution in [1.29, 1.82) is 0 Å². The van der Waals surface area contributed by atoms with Crippen LogP contribution in [-0.2, 0) is 0 Å². The average molecular weight is 395 g/mol. The van der Waals surface area contributed by atoms with Gasteiger partial charge < -0.3 is 15.0 Å². The number of amides is 1. The van der Waals surface area contributed by atoms with Crippen molar-refractivity contribution < 1.29 is 13.9 Å². The summed E-state index contributed by atoms with van der Waals surface area (Å²) in [7, 11) is 0. The molecule has 1 N–H and O–H groups in total. The van der Waals surface area contributed by atoms with Gasteiger partial charge >= 0.3 is 0 Å². The minimum Gasteiger partial charge on any atom is -0.474 e. The van der Waals surface area contributed by atoms with Gasteiger partial charge in [0.1, 0.15) is 23.8 Å². The van der Waals surface area contributed by atoms with Crippen LogP contribution in [0.5, 0.6) is 5.88 Å². The molecule has 1 saturated heterocycles. The molecular formula is C19H18FN7O2. The molecule has 4 bridgehead atoms. The highest BCUT2D eigenvalue weighted by Gasteiger charge is 2.37. The van der Waals surface area contributed by atoms with Crippen LogP contribution in [0.15, 0.2) is 24.8 Å². The number of carbonyl (C=O) groups excluding carboxylic acids is 1. The second-order valence-corrected chi connectivity index (χ2v) is 7.76. The maximum Gasteiger partial charge on any atom is 0.256 e. The van der Waals surface area contributed by atoms with Crippen molar-refractivity contribution >= 4 is 17.5 Å². The summed E-state index contributed by atoms with van der Waals surface area (Å²) >= 11 is 0. The highest BCUT2D eigenvalue weighted by atomic mass is 19.1. The van der Waals surface area contributed by atoms with Gasteiger partial charge in [-0.3, -0.25) is 4.79 Å². The van der Waals surface area contributed by atoms with Crippen molar-refractivity contribution in [2.45, 2.75) is 43.9 Å². The minimum atomic E-state index is -0.395. The number of rotatable bonds is 0. The molecule has 1 saturated carbocycles. The van der Waals surface area contributed by atoms with Gasteiger partial charge in [-0.2, -0.15) is 10.1 Å². The molecular weight excluding hydrogens is 377 g/mol. The molecule has 3 aromatic rings. The van der Waals surface area contributed by atoms with Gasteiger partial charge in [0.2, 0.25) is 11.8 Å². The number of pyridine rings is 1. The first-order chi connectivity index (χ1) is 14.2. The van der Waals surface area contributed by atoms with E-state index in [1.165, 1.54) is 23.0 Å². The number of nitrogens with one attached hydrogen (secondary N) is 1. The third kappa shape index (κ3) is 2.62. The standard InChI is InChI=1S/C19H18FN7O2/c20-10-4-13-15-2-1-3-26(15)19-22-9-27-16(25-19)14(8-23-27)17(28)24-11-5-12(6-11)29-18(13)21-7-10/h4,7-9,11-12,15H,1-3,5-6H2,(H,24,28)/t11-,12+,15-/m1/s1. The first kappa shape index (κ1) is 16.6. The van der Waals surface area contributed by atoms with Crippen molar-refractivity contribution in [2.75, 3.05) is 11.4 Å². The van der Waals surface area contributed by atoms with E-state index in [9.17, 15) is 9.18 Å². The summed E-state index contributed by atoms with van der Waals surface area (Å²) in [5.41, 5.74) is 1.59. The largest absolute Gasteiger partial charge is 0.474 e. The minimum absolute atomic E-state index is 0.0126. The number of hydrogen-bond donors (Lipinski definition) is 1. The Morgan fingerprint density at radius 1 is 1.24 bits per heavy atom. The molecule has 1 amide bonds. The van der Waals surface area contributed by atoms with E-state index >= 15 is 0 Å². The summed E-state index contributed by atoms with van der Waals surface area (Å²) in [6.07, 6.45) is 7.27.